The van der Waals surface area contributed by atoms with Gasteiger partial charge in [-0.15, -0.1) is 0 Å². The number of nitrogens with one attached hydrogen (secondary N) is 1. The molecule has 6 heteroatoms. The van der Waals surface area contributed by atoms with Gasteiger partial charge >= 0.3 is 0 Å². The van der Waals surface area contributed by atoms with Crippen molar-refractivity contribution in [3.63, 3.8) is 0 Å². The number of anilines is 1. The van der Waals surface area contributed by atoms with E-state index in [1.54, 1.807) is 6.92 Å². The number of nitrogens with zero attached hydrogens (tertiary/aromatic N) is 2. The summed E-state index contributed by atoms with van der Waals surface area (Å²) in [6.07, 6.45) is 0.884. The van der Waals surface area contributed by atoms with Crippen LogP contribution in [0.5, 0.6) is 0 Å². The Morgan fingerprint density at radius 3 is 2.55 bits per heavy atom. The Labute approximate surface area is 118 Å². The molecule has 1 rings (SSSR count). The Balaban J connectivity index is 2.63. The molecule has 112 valence electrons. The van der Waals surface area contributed by atoms with Gasteiger partial charge in [-0.3, -0.25) is 10.1 Å². The maximum Gasteiger partial charge on any atom is 0.295 e. The quantitative estimate of drug-likeness (QED) is 0.452. The lowest BCUT2D eigenvalue weighted by molar-refractivity contribution is -0.384. The highest BCUT2D eigenvalue weighted by Crippen LogP contribution is 2.27. The number of nitro groups is 1. The minimum atomic E-state index is -0.560. The molecule has 0 amide bonds. The molecule has 0 saturated heterocycles. The van der Waals surface area contributed by atoms with Gasteiger partial charge in [-0.05, 0) is 44.6 Å². The molecule has 0 unspecified atom stereocenters. The van der Waals surface area contributed by atoms with Gasteiger partial charge < -0.3 is 10.2 Å². The van der Waals surface area contributed by atoms with Crippen LogP contribution in [0.4, 0.5) is 15.8 Å². The molecular formula is C14H22FN3O2. The summed E-state index contributed by atoms with van der Waals surface area (Å²) in [5, 5.41) is 13.9. The minimum Gasteiger partial charge on any atom is -0.379 e. The molecule has 0 spiro atoms. The van der Waals surface area contributed by atoms with E-state index in [4.69, 9.17) is 0 Å². The molecule has 0 radical (unpaired) electrons. The van der Waals surface area contributed by atoms with Gasteiger partial charge in [0, 0.05) is 6.54 Å². The van der Waals surface area contributed by atoms with Crippen LogP contribution in [0.2, 0.25) is 0 Å². The third-order valence-electron chi connectivity index (χ3n) is 3.33. The van der Waals surface area contributed by atoms with Crippen LogP contribution in [0, 0.1) is 22.9 Å². The fourth-order valence-electron chi connectivity index (χ4n) is 2.03. The molecule has 0 saturated carbocycles. The van der Waals surface area contributed by atoms with Crippen LogP contribution in [0.3, 0.4) is 0 Å². The first-order valence-electron chi connectivity index (χ1n) is 6.90. The average Bonchev–Trinajstić information content (AvgIpc) is 2.42. The largest absolute Gasteiger partial charge is 0.379 e. The number of aryl methyl sites for hydroxylation is 1. The zero-order valence-corrected chi connectivity index (χ0v) is 12.3. The molecule has 0 atom stereocenters. The first-order chi connectivity index (χ1) is 9.49. The van der Waals surface area contributed by atoms with E-state index in [2.05, 4.69) is 24.1 Å². The Bertz CT molecular complexity index is 462. The van der Waals surface area contributed by atoms with E-state index < -0.39 is 10.7 Å². The predicted octanol–water partition coefficient (Wildman–Crippen LogP) is 3.19. The first-order valence-corrected chi connectivity index (χ1v) is 6.90. The van der Waals surface area contributed by atoms with Crippen molar-refractivity contribution in [3.05, 3.63) is 33.6 Å². The van der Waals surface area contributed by atoms with Gasteiger partial charge in [0.15, 0.2) is 0 Å². The Morgan fingerprint density at radius 2 is 2.00 bits per heavy atom. The van der Waals surface area contributed by atoms with Gasteiger partial charge in [0.25, 0.3) is 5.69 Å². The zero-order chi connectivity index (χ0) is 15.1. The summed E-state index contributed by atoms with van der Waals surface area (Å²) in [6, 6.07) is 2.47. The highest BCUT2D eigenvalue weighted by Gasteiger charge is 2.16. The lowest BCUT2D eigenvalue weighted by atomic mass is 10.1. The number of nitro benzene ring substituents is 1. The molecule has 0 aliphatic heterocycles. The van der Waals surface area contributed by atoms with Crippen LogP contribution in [0.15, 0.2) is 12.1 Å². The third-order valence-corrected chi connectivity index (χ3v) is 3.33. The molecule has 1 aromatic carbocycles. The second-order valence-electron chi connectivity index (χ2n) is 4.68. The van der Waals surface area contributed by atoms with Gasteiger partial charge in [-0.2, -0.15) is 0 Å². The van der Waals surface area contributed by atoms with Crippen molar-refractivity contribution in [2.24, 2.45) is 0 Å². The summed E-state index contributed by atoms with van der Waals surface area (Å²) in [5.41, 5.74) is 0.575. The molecular weight excluding hydrogens is 261 g/mol. The summed E-state index contributed by atoms with van der Waals surface area (Å²) in [5.74, 6) is -0.551. The van der Waals surface area contributed by atoms with Crippen LogP contribution in [0.1, 0.15) is 25.8 Å². The first kappa shape index (κ1) is 16.4. The van der Waals surface area contributed by atoms with E-state index in [1.165, 1.54) is 6.07 Å². The summed E-state index contributed by atoms with van der Waals surface area (Å²) < 4.78 is 13.4. The van der Waals surface area contributed by atoms with Crippen molar-refractivity contribution >= 4 is 11.4 Å². The van der Waals surface area contributed by atoms with Crippen molar-refractivity contribution in [2.45, 2.75) is 27.2 Å². The summed E-state index contributed by atoms with van der Waals surface area (Å²) >= 11 is 0. The van der Waals surface area contributed by atoms with Crippen molar-refractivity contribution < 1.29 is 9.31 Å². The highest BCUT2D eigenvalue weighted by atomic mass is 19.1. The van der Waals surface area contributed by atoms with Crippen molar-refractivity contribution in [1.29, 1.82) is 0 Å². The molecule has 20 heavy (non-hydrogen) atoms. The van der Waals surface area contributed by atoms with Crippen LogP contribution in [-0.4, -0.2) is 36.0 Å². The predicted molar refractivity (Wildman–Crippen MR) is 78.7 cm³/mol. The van der Waals surface area contributed by atoms with E-state index in [1.807, 2.05) is 0 Å². The zero-order valence-electron chi connectivity index (χ0n) is 12.3. The van der Waals surface area contributed by atoms with Crippen LogP contribution < -0.4 is 5.32 Å². The molecule has 0 fully saturated rings. The smallest absolute Gasteiger partial charge is 0.295 e. The van der Waals surface area contributed by atoms with Crippen LogP contribution in [0.25, 0.3) is 0 Å². The van der Waals surface area contributed by atoms with Crippen LogP contribution in [-0.2, 0) is 0 Å². The van der Waals surface area contributed by atoms with Crippen molar-refractivity contribution in [1.82, 2.24) is 4.90 Å². The van der Waals surface area contributed by atoms with Gasteiger partial charge in [0.1, 0.15) is 11.5 Å². The highest BCUT2D eigenvalue weighted by molar-refractivity contribution is 5.63. The average molecular weight is 283 g/mol. The standard InChI is InChI=1S/C14H22FN3O2/c1-4-17(5-2)8-6-7-16-13-9-11(3)12(15)10-14(13)18(19)20/h9-10,16H,4-8H2,1-3H3. The number of halogens is 1. The van der Waals surface area contributed by atoms with Gasteiger partial charge in [-0.1, -0.05) is 13.8 Å². The number of rotatable bonds is 8. The molecule has 0 aliphatic rings. The van der Waals surface area contributed by atoms with E-state index >= 15 is 0 Å². The van der Waals surface area contributed by atoms with Crippen molar-refractivity contribution in [3.8, 4) is 0 Å². The SMILES string of the molecule is CCN(CC)CCCNc1cc(C)c(F)cc1[N+](=O)[O-]. The minimum absolute atomic E-state index is 0.212. The lowest BCUT2D eigenvalue weighted by Gasteiger charge is -2.18. The molecule has 1 N–H and O–H groups in total. The number of benzene rings is 1. The summed E-state index contributed by atoms with van der Waals surface area (Å²) in [4.78, 5) is 12.6. The molecule has 0 bridgehead atoms. The van der Waals surface area contributed by atoms with E-state index in [0.29, 0.717) is 17.8 Å². The van der Waals surface area contributed by atoms with E-state index in [-0.39, 0.29) is 5.69 Å². The fraction of sp³-hybridized carbons (Fsp3) is 0.571. The second kappa shape index (κ2) is 7.79. The molecule has 5 nitrogen and oxygen atoms in total. The maximum atomic E-state index is 13.4. The number of hydrogen-bond donors (Lipinski definition) is 1. The Hall–Kier alpha value is -1.69. The third kappa shape index (κ3) is 4.45. The lowest BCUT2D eigenvalue weighted by Crippen LogP contribution is -2.25. The summed E-state index contributed by atoms with van der Waals surface area (Å²) in [7, 11) is 0. The van der Waals surface area contributed by atoms with Gasteiger partial charge in [-0.25, -0.2) is 4.39 Å². The fourth-order valence-corrected chi connectivity index (χ4v) is 2.03. The molecule has 0 aromatic heterocycles. The Kier molecular flexibility index (Phi) is 6.38. The van der Waals surface area contributed by atoms with E-state index in [9.17, 15) is 14.5 Å². The monoisotopic (exact) mass is 283 g/mol. The second-order valence-corrected chi connectivity index (χ2v) is 4.68. The molecule has 0 aliphatic carbocycles. The maximum absolute atomic E-state index is 13.4. The van der Waals surface area contributed by atoms with Gasteiger partial charge in [0.2, 0.25) is 0 Å². The van der Waals surface area contributed by atoms with Crippen LogP contribution >= 0.6 is 0 Å². The number of hydrogen-bond acceptors (Lipinski definition) is 4. The van der Waals surface area contributed by atoms with E-state index in [0.717, 1.165) is 32.1 Å². The van der Waals surface area contributed by atoms with Gasteiger partial charge in [0.05, 0.1) is 11.0 Å². The van der Waals surface area contributed by atoms with Crippen molar-refractivity contribution in [2.75, 3.05) is 31.5 Å². The summed E-state index contributed by atoms with van der Waals surface area (Å²) in [6.45, 7) is 9.35. The molecule has 0 heterocycles. The molecule has 1 aromatic rings. The Morgan fingerprint density at radius 1 is 1.35 bits per heavy atom. The topological polar surface area (TPSA) is 58.4 Å². The normalized spacial score (nSPS) is 10.8.